The van der Waals surface area contributed by atoms with E-state index in [9.17, 15) is 12.8 Å². The minimum Gasteiger partial charge on any atom is -0.211 e. The van der Waals surface area contributed by atoms with Crippen LogP contribution in [0.15, 0.2) is 44.4 Å². The van der Waals surface area contributed by atoms with Crippen LogP contribution in [0.25, 0.3) is 0 Å². The summed E-state index contributed by atoms with van der Waals surface area (Å²) in [4.78, 5) is -0.332. The molecule has 0 radical (unpaired) electrons. The number of halogens is 2. The number of rotatable bonds is 5. The Kier molecular flexibility index (Phi) is 4.72. The van der Waals surface area contributed by atoms with Crippen molar-refractivity contribution in [3.05, 3.63) is 50.9 Å². The zero-order valence-corrected chi connectivity index (χ0v) is 13.0. The lowest BCUT2D eigenvalue weighted by Crippen LogP contribution is -2.26. The second kappa shape index (κ2) is 6.13. The van der Waals surface area contributed by atoms with Crippen LogP contribution in [0.1, 0.15) is 5.56 Å². The van der Waals surface area contributed by atoms with Crippen molar-refractivity contribution in [3.8, 4) is 0 Å². The van der Waals surface area contributed by atoms with Gasteiger partial charge in [-0.1, -0.05) is 15.9 Å². The number of thiophene rings is 1. The van der Waals surface area contributed by atoms with Gasteiger partial charge in [-0.15, -0.1) is 0 Å². The van der Waals surface area contributed by atoms with Gasteiger partial charge >= 0.3 is 0 Å². The van der Waals surface area contributed by atoms with Crippen LogP contribution in [-0.4, -0.2) is 15.0 Å². The Morgan fingerprint density at radius 1 is 1.32 bits per heavy atom. The highest BCUT2D eigenvalue weighted by atomic mass is 79.9. The average molecular weight is 364 g/mol. The standard InChI is InChI=1S/C12H11BrFNO2S2/c13-10-1-2-12(11(14)7-10)19(16,17)15-5-3-9-4-6-18-8-9/h1-2,4,6-8,15H,3,5H2. The van der Waals surface area contributed by atoms with Crippen LogP contribution in [0, 0.1) is 5.82 Å². The van der Waals surface area contributed by atoms with Crippen LogP contribution in [-0.2, 0) is 16.4 Å². The summed E-state index contributed by atoms with van der Waals surface area (Å²) in [7, 11) is -3.80. The highest BCUT2D eigenvalue weighted by Crippen LogP contribution is 2.19. The summed E-state index contributed by atoms with van der Waals surface area (Å²) in [6, 6.07) is 5.80. The van der Waals surface area contributed by atoms with Crippen molar-refractivity contribution in [1.82, 2.24) is 4.72 Å². The molecule has 1 heterocycles. The lowest BCUT2D eigenvalue weighted by Gasteiger charge is -2.07. The Balaban J connectivity index is 2.05. The summed E-state index contributed by atoms with van der Waals surface area (Å²) in [5, 5.41) is 3.88. The molecule has 2 aromatic rings. The van der Waals surface area contributed by atoms with Gasteiger partial charge in [-0.05, 0) is 47.0 Å². The molecule has 1 aromatic carbocycles. The quantitative estimate of drug-likeness (QED) is 0.886. The van der Waals surface area contributed by atoms with Crippen molar-refractivity contribution in [2.75, 3.05) is 6.54 Å². The summed E-state index contributed by atoms with van der Waals surface area (Å²) >= 11 is 4.64. The maximum absolute atomic E-state index is 13.6. The molecule has 0 unspecified atom stereocenters. The fourth-order valence-corrected chi connectivity index (χ4v) is 3.66. The van der Waals surface area contributed by atoms with Crippen molar-refractivity contribution < 1.29 is 12.8 Å². The number of benzene rings is 1. The van der Waals surface area contributed by atoms with Crippen molar-refractivity contribution in [1.29, 1.82) is 0 Å². The van der Waals surface area contributed by atoms with Crippen LogP contribution in [0.4, 0.5) is 4.39 Å². The summed E-state index contributed by atoms with van der Waals surface area (Å²) in [6.45, 7) is 0.245. The Labute approximate surface area is 123 Å². The molecule has 0 fully saturated rings. The molecule has 1 N–H and O–H groups in total. The average Bonchev–Trinajstić information content (AvgIpc) is 2.81. The van der Waals surface area contributed by atoms with Gasteiger partial charge in [0, 0.05) is 11.0 Å². The molecule has 0 aliphatic rings. The van der Waals surface area contributed by atoms with Gasteiger partial charge in [0.2, 0.25) is 10.0 Å². The molecule has 1 aromatic heterocycles. The Hall–Kier alpha value is -0.760. The minimum absolute atomic E-state index is 0.245. The third kappa shape index (κ3) is 3.85. The van der Waals surface area contributed by atoms with E-state index in [0.717, 1.165) is 11.6 Å². The molecule has 0 aliphatic carbocycles. The summed E-state index contributed by atoms with van der Waals surface area (Å²) in [6.07, 6.45) is 0.584. The van der Waals surface area contributed by atoms with E-state index in [1.165, 1.54) is 12.1 Å². The molecule has 0 atom stereocenters. The van der Waals surface area contributed by atoms with Gasteiger partial charge in [0.15, 0.2) is 0 Å². The number of hydrogen-bond acceptors (Lipinski definition) is 3. The van der Waals surface area contributed by atoms with Crippen LogP contribution < -0.4 is 4.72 Å². The van der Waals surface area contributed by atoms with E-state index < -0.39 is 15.8 Å². The zero-order valence-electron chi connectivity index (χ0n) is 9.77. The Morgan fingerprint density at radius 3 is 2.74 bits per heavy atom. The van der Waals surface area contributed by atoms with Crippen molar-refractivity contribution in [3.63, 3.8) is 0 Å². The Bertz CT molecular complexity index is 656. The predicted molar refractivity (Wildman–Crippen MR) is 77.3 cm³/mol. The molecular formula is C12H11BrFNO2S2. The third-order valence-electron chi connectivity index (χ3n) is 2.47. The first kappa shape index (κ1) is 14.6. The van der Waals surface area contributed by atoms with Crippen LogP contribution in [0.2, 0.25) is 0 Å². The molecule has 0 saturated carbocycles. The van der Waals surface area contributed by atoms with E-state index in [0.29, 0.717) is 10.9 Å². The molecule has 102 valence electrons. The second-order valence-electron chi connectivity index (χ2n) is 3.85. The van der Waals surface area contributed by atoms with E-state index in [4.69, 9.17) is 0 Å². The third-order valence-corrected chi connectivity index (χ3v) is 5.19. The minimum atomic E-state index is -3.80. The first-order chi connectivity index (χ1) is 8.99. The SMILES string of the molecule is O=S(=O)(NCCc1ccsc1)c1ccc(Br)cc1F. The molecular weight excluding hydrogens is 353 g/mol. The van der Waals surface area contributed by atoms with Gasteiger partial charge in [-0.2, -0.15) is 11.3 Å². The fourth-order valence-electron chi connectivity index (χ4n) is 1.54. The highest BCUT2D eigenvalue weighted by Gasteiger charge is 2.18. The van der Waals surface area contributed by atoms with Crippen molar-refractivity contribution in [2.45, 2.75) is 11.3 Å². The number of sulfonamides is 1. The van der Waals surface area contributed by atoms with E-state index in [-0.39, 0.29) is 11.4 Å². The molecule has 2 rings (SSSR count). The molecule has 0 bridgehead atoms. The van der Waals surface area contributed by atoms with Crippen LogP contribution in [0.5, 0.6) is 0 Å². The molecule has 0 amide bonds. The van der Waals surface area contributed by atoms with Crippen LogP contribution >= 0.6 is 27.3 Å². The molecule has 0 spiro atoms. The monoisotopic (exact) mass is 363 g/mol. The summed E-state index contributed by atoms with van der Waals surface area (Å²) < 4.78 is 40.4. The predicted octanol–water partition coefficient (Wildman–Crippen LogP) is 3.17. The van der Waals surface area contributed by atoms with E-state index in [1.807, 2.05) is 16.8 Å². The fraction of sp³-hybridized carbons (Fsp3) is 0.167. The normalized spacial score (nSPS) is 11.7. The first-order valence-electron chi connectivity index (χ1n) is 5.45. The first-order valence-corrected chi connectivity index (χ1v) is 8.67. The summed E-state index contributed by atoms with van der Waals surface area (Å²) in [5.74, 6) is -0.766. The molecule has 0 aliphatic heterocycles. The maximum atomic E-state index is 13.6. The van der Waals surface area contributed by atoms with E-state index >= 15 is 0 Å². The van der Waals surface area contributed by atoms with E-state index in [2.05, 4.69) is 20.7 Å². The molecule has 0 saturated heterocycles. The highest BCUT2D eigenvalue weighted by molar-refractivity contribution is 9.10. The lowest BCUT2D eigenvalue weighted by atomic mass is 10.2. The van der Waals surface area contributed by atoms with Gasteiger partial charge in [0.1, 0.15) is 10.7 Å². The zero-order chi connectivity index (χ0) is 13.9. The van der Waals surface area contributed by atoms with Gasteiger partial charge in [0.05, 0.1) is 0 Å². The Morgan fingerprint density at radius 2 is 2.11 bits per heavy atom. The van der Waals surface area contributed by atoms with Gasteiger partial charge in [0.25, 0.3) is 0 Å². The smallest absolute Gasteiger partial charge is 0.211 e. The van der Waals surface area contributed by atoms with Crippen LogP contribution in [0.3, 0.4) is 0 Å². The lowest BCUT2D eigenvalue weighted by molar-refractivity contribution is 0.557. The largest absolute Gasteiger partial charge is 0.243 e. The molecule has 3 nitrogen and oxygen atoms in total. The van der Waals surface area contributed by atoms with Gasteiger partial charge in [-0.25, -0.2) is 17.5 Å². The summed E-state index contributed by atoms with van der Waals surface area (Å²) in [5.41, 5.74) is 1.06. The van der Waals surface area contributed by atoms with Crippen molar-refractivity contribution in [2.24, 2.45) is 0 Å². The topological polar surface area (TPSA) is 46.2 Å². The second-order valence-corrected chi connectivity index (χ2v) is 7.29. The number of hydrogen-bond donors (Lipinski definition) is 1. The number of nitrogens with one attached hydrogen (secondary N) is 1. The van der Waals surface area contributed by atoms with Gasteiger partial charge in [-0.3, -0.25) is 0 Å². The maximum Gasteiger partial charge on any atom is 0.243 e. The molecule has 19 heavy (non-hydrogen) atoms. The van der Waals surface area contributed by atoms with Crippen molar-refractivity contribution >= 4 is 37.3 Å². The van der Waals surface area contributed by atoms with Gasteiger partial charge < -0.3 is 0 Å². The van der Waals surface area contributed by atoms with E-state index in [1.54, 1.807) is 11.3 Å². The molecule has 7 heteroatoms.